The molecule has 0 spiro atoms. The maximum atomic E-state index is 12.7. The second kappa shape index (κ2) is 8.36. The minimum Gasteiger partial charge on any atom is -0.497 e. The third-order valence-corrected chi connectivity index (χ3v) is 6.86. The van der Waals surface area contributed by atoms with E-state index in [4.69, 9.17) is 9.72 Å². The Morgan fingerprint density at radius 1 is 1.16 bits per heavy atom. The van der Waals surface area contributed by atoms with Crippen LogP contribution >= 0.6 is 11.3 Å². The van der Waals surface area contributed by atoms with Gasteiger partial charge in [-0.1, -0.05) is 18.3 Å². The van der Waals surface area contributed by atoms with Crippen molar-refractivity contribution in [2.75, 3.05) is 44.7 Å². The number of benzene rings is 1. The molecule has 1 aromatic carbocycles. The van der Waals surface area contributed by atoms with Gasteiger partial charge in [0.2, 0.25) is 11.1 Å². The van der Waals surface area contributed by atoms with Crippen LogP contribution in [0.15, 0.2) is 35.3 Å². The molecule has 9 nitrogen and oxygen atoms in total. The molecule has 0 amide bonds. The Kier molecular flexibility index (Phi) is 5.40. The van der Waals surface area contributed by atoms with Gasteiger partial charge in [-0.05, 0) is 31.7 Å². The second-order valence-corrected chi connectivity index (χ2v) is 8.77. The van der Waals surface area contributed by atoms with Crippen LogP contribution in [-0.2, 0) is 0 Å². The number of hydrogen-bond donors (Lipinski definition) is 1. The van der Waals surface area contributed by atoms with Crippen molar-refractivity contribution in [1.29, 1.82) is 0 Å². The summed E-state index contributed by atoms with van der Waals surface area (Å²) >= 11 is 1.43. The molecule has 0 saturated carbocycles. The Labute approximate surface area is 189 Å². The molecule has 10 heteroatoms. The molecule has 166 valence electrons. The lowest BCUT2D eigenvalue weighted by molar-refractivity contribution is 0.270. The van der Waals surface area contributed by atoms with Crippen molar-refractivity contribution in [2.45, 2.75) is 13.8 Å². The number of nitrogens with one attached hydrogen (secondary N) is 1. The van der Waals surface area contributed by atoms with E-state index < -0.39 is 0 Å². The molecular formula is C22H25N7O2S. The van der Waals surface area contributed by atoms with Gasteiger partial charge in [0.1, 0.15) is 5.75 Å². The Bertz CT molecular complexity index is 1320. The molecule has 0 unspecified atom stereocenters. The van der Waals surface area contributed by atoms with Crippen LogP contribution in [0.25, 0.3) is 26.6 Å². The molecule has 4 heterocycles. The van der Waals surface area contributed by atoms with Crippen molar-refractivity contribution < 1.29 is 4.74 Å². The molecule has 1 aliphatic heterocycles. The zero-order valence-corrected chi connectivity index (χ0v) is 19.1. The number of H-pyrrole nitrogens is 1. The van der Waals surface area contributed by atoms with E-state index in [1.165, 1.54) is 16.0 Å². The van der Waals surface area contributed by atoms with E-state index in [1.807, 2.05) is 25.1 Å². The monoisotopic (exact) mass is 451 g/mol. The van der Waals surface area contributed by atoms with Gasteiger partial charge in [0.15, 0.2) is 0 Å². The number of hydrogen-bond acceptors (Lipinski definition) is 8. The Morgan fingerprint density at radius 3 is 2.69 bits per heavy atom. The molecule has 1 aliphatic rings. The van der Waals surface area contributed by atoms with Crippen LogP contribution in [0.5, 0.6) is 5.75 Å². The van der Waals surface area contributed by atoms with E-state index in [0.29, 0.717) is 10.8 Å². The predicted molar refractivity (Wildman–Crippen MR) is 126 cm³/mol. The fraction of sp³-hybridized carbons (Fsp3) is 0.364. The average molecular weight is 452 g/mol. The summed E-state index contributed by atoms with van der Waals surface area (Å²) in [5.74, 6) is 1.50. The number of anilines is 1. The summed E-state index contributed by atoms with van der Waals surface area (Å²) in [5.41, 5.74) is 2.95. The second-order valence-electron chi connectivity index (χ2n) is 7.76. The van der Waals surface area contributed by atoms with Crippen LogP contribution in [0.4, 0.5) is 5.95 Å². The summed E-state index contributed by atoms with van der Waals surface area (Å²) in [6.07, 6.45) is 1.79. The van der Waals surface area contributed by atoms with E-state index in [2.05, 4.69) is 31.8 Å². The van der Waals surface area contributed by atoms with Crippen LogP contribution in [0.2, 0.25) is 0 Å². The van der Waals surface area contributed by atoms with Crippen molar-refractivity contribution in [3.63, 3.8) is 0 Å². The smallest absolute Gasteiger partial charge is 0.273 e. The van der Waals surface area contributed by atoms with Gasteiger partial charge in [-0.3, -0.25) is 9.89 Å². The van der Waals surface area contributed by atoms with Crippen molar-refractivity contribution in [1.82, 2.24) is 29.6 Å². The number of likely N-dealkylation sites (N-methyl/N-ethyl adjacent to an activating group) is 1. The molecule has 0 aliphatic carbocycles. The zero-order valence-electron chi connectivity index (χ0n) is 18.3. The van der Waals surface area contributed by atoms with Crippen molar-refractivity contribution in [3.8, 4) is 22.1 Å². The van der Waals surface area contributed by atoms with Gasteiger partial charge in [-0.15, -0.1) is 0 Å². The predicted octanol–water partition coefficient (Wildman–Crippen LogP) is 2.69. The standard InChI is InChI=1S/C22H25N7O2S/c1-4-27-7-9-28(10-8-27)21-23-13-16(14(2)24-21)18-12-20(30)29(26-18)22-25-17-6-5-15(31-3)11-19(17)32-22/h5-6,11-13,26H,4,7-10H2,1-3H3. The van der Waals surface area contributed by atoms with Crippen molar-refractivity contribution >= 4 is 27.5 Å². The first kappa shape index (κ1) is 20.7. The molecule has 0 radical (unpaired) electrons. The number of ether oxygens (including phenoxy) is 1. The highest BCUT2D eigenvalue weighted by Crippen LogP contribution is 2.28. The third kappa shape index (κ3) is 3.76. The van der Waals surface area contributed by atoms with Gasteiger partial charge >= 0.3 is 0 Å². The third-order valence-electron chi connectivity index (χ3n) is 5.86. The molecular weight excluding hydrogens is 426 g/mol. The van der Waals surface area contributed by atoms with E-state index in [9.17, 15) is 4.79 Å². The largest absolute Gasteiger partial charge is 0.497 e. The Morgan fingerprint density at radius 2 is 1.97 bits per heavy atom. The lowest BCUT2D eigenvalue weighted by Gasteiger charge is -2.34. The van der Waals surface area contributed by atoms with Crippen LogP contribution in [0.1, 0.15) is 12.6 Å². The van der Waals surface area contributed by atoms with Gasteiger partial charge in [-0.25, -0.2) is 15.0 Å². The highest BCUT2D eigenvalue weighted by Gasteiger charge is 2.19. The normalized spacial score (nSPS) is 14.9. The lowest BCUT2D eigenvalue weighted by atomic mass is 10.2. The minimum absolute atomic E-state index is 0.176. The number of methoxy groups -OCH3 is 1. The summed E-state index contributed by atoms with van der Waals surface area (Å²) in [7, 11) is 1.63. The first-order valence-corrected chi connectivity index (χ1v) is 11.5. The van der Waals surface area contributed by atoms with Crippen molar-refractivity contribution in [2.24, 2.45) is 0 Å². The molecule has 1 N–H and O–H groups in total. The minimum atomic E-state index is -0.176. The molecule has 32 heavy (non-hydrogen) atoms. The fourth-order valence-electron chi connectivity index (χ4n) is 3.93. The Hall–Kier alpha value is -3.24. The zero-order chi connectivity index (χ0) is 22.2. The fourth-order valence-corrected chi connectivity index (χ4v) is 4.89. The highest BCUT2D eigenvalue weighted by atomic mass is 32.1. The van der Waals surface area contributed by atoms with Gasteiger partial charge in [-0.2, -0.15) is 4.68 Å². The SMILES string of the molecule is CCN1CCN(c2ncc(-c3cc(=O)n(-c4nc5ccc(OC)cc5s4)[nH]3)c(C)n2)CC1. The molecule has 0 atom stereocenters. The van der Waals surface area contributed by atoms with E-state index in [0.717, 1.165) is 65.9 Å². The lowest BCUT2D eigenvalue weighted by Crippen LogP contribution is -2.46. The summed E-state index contributed by atoms with van der Waals surface area (Å²) in [6.45, 7) is 9.07. The van der Waals surface area contributed by atoms with Crippen molar-refractivity contribution in [3.05, 3.63) is 46.5 Å². The average Bonchev–Trinajstić information content (AvgIpc) is 3.41. The summed E-state index contributed by atoms with van der Waals surface area (Å²) in [5, 5.41) is 3.75. The number of piperazine rings is 1. The van der Waals surface area contributed by atoms with E-state index in [-0.39, 0.29) is 5.56 Å². The number of thiazole rings is 1. The number of aromatic nitrogens is 5. The molecule has 5 rings (SSSR count). The molecule has 4 aromatic rings. The Balaban J connectivity index is 1.43. The topological polar surface area (TPSA) is 92.2 Å². The molecule has 0 bridgehead atoms. The molecule has 3 aromatic heterocycles. The van der Waals surface area contributed by atoms with E-state index >= 15 is 0 Å². The van der Waals surface area contributed by atoms with Gasteiger partial charge < -0.3 is 14.5 Å². The van der Waals surface area contributed by atoms with Gasteiger partial charge in [0, 0.05) is 44.0 Å². The highest BCUT2D eigenvalue weighted by molar-refractivity contribution is 7.20. The van der Waals surface area contributed by atoms with Crippen LogP contribution in [0, 0.1) is 6.92 Å². The van der Waals surface area contributed by atoms with Crippen LogP contribution in [0.3, 0.4) is 0 Å². The van der Waals surface area contributed by atoms with Crippen LogP contribution < -0.4 is 15.2 Å². The summed E-state index contributed by atoms with van der Waals surface area (Å²) in [4.78, 5) is 31.3. The summed E-state index contributed by atoms with van der Waals surface area (Å²) in [6, 6.07) is 7.24. The number of rotatable bonds is 5. The van der Waals surface area contributed by atoms with Crippen LogP contribution in [-0.4, -0.2) is 69.5 Å². The maximum Gasteiger partial charge on any atom is 0.273 e. The first-order valence-electron chi connectivity index (χ1n) is 10.6. The summed E-state index contributed by atoms with van der Waals surface area (Å²) < 4.78 is 7.70. The number of aromatic amines is 1. The van der Waals surface area contributed by atoms with Gasteiger partial charge in [0.05, 0.1) is 28.7 Å². The van der Waals surface area contributed by atoms with Gasteiger partial charge in [0.25, 0.3) is 5.56 Å². The molecule has 1 fully saturated rings. The number of nitrogens with zero attached hydrogens (tertiary/aromatic N) is 6. The number of fused-ring (bicyclic) bond motifs is 1. The maximum absolute atomic E-state index is 12.7. The number of aryl methyl sites for hydroxylation is 1. The quantitative estimate of drug-likeness (QED) is 0.499. The first-order chi connectivity index (χ1) is 15.6. The van der Waals surface area contributed by atoms with E-state index in [1.54, 1.807) is 19.4 Å². The molecule has 1 saturated heterocycles.